The molecule has 5 nitrogen and oxygen atoms in total. The molecule has 2 rings (SSSR count). The topological polar surface area (TPSA) is 59.2 Å². The second kappa shape index (κ2) is 7.61. The zero-order valence-corrected chi connectivity index (χ0v) is 14.3. The van der Waals surface area contributed by atoms with E-state index in [4.69, 9.17) is 4.42 Å². The number of aromatic nitrogens is 2. The van der Waals surface area contributed by atoms with Gasteiger partial charge in [-0.2, -0.15) is 0 Å². The summed E-state index contributed by atoms with van der Waals surface area (Å²) in [5.41, 5.74) is 0.846. The summed E-state index contributed by atoms with van der Waals surface area (Å²) in [4.78, 5) is 13.7. The number of hydrogen-bond donors (Lipinski definition) is 0. The number of amides is 1. The summed E-state index contributed by atoms with van der Waals surface area (Å²) in [6.07, 6.45) is 0. The monoisotopic (exact) mass is 369 g/mol. The van der Waals surface area contributed by atoms with Crippen LogP contribution in [0.1, 0.15) is 13.8 Å². The summed E-state index contributed by atoms with van der Waals surface area (Å²) >= 11 is 4.67. The summed E-state index contributed by atoms with van der Waals surface area (Å²) in [6, 6.07) is 7.63. The molecule has 0 atom stereocenters. The number of nitrogens with zero attached hydrogens (tertiary/aromatic N) is 3. The number of benzene rings is 1. The van der Waals surface area contributed by atoms with Gasteiger partial charge in [0.05, 0.1) is 5.75 Å². The summed E-state index contributed by atoms with van der Waals surface area (Å²) in [5, 5.41) is 8.38. The highest BCUT2D eigenvalue weighted by Gasteiger charge is 2.14. The molecule has 0 fully saturated rings. The Labute approximate surface area is 136 Å². The van der Waals surface area contributed by atoms with Crippen LogP contribution in [0.2, 0.25) is 0 Å². The van der Waals surface area contributed by atoms with Crippen LogP contribution in [0.3, 0.4) is 0 Å². The second-order valence-corrected chi connectivity index (χ2v) is 6.08. The Balaban J connectivity index is 1.99. The van der Waals surface area contributed by atoms with Crippen molar-refractivity contribution < 1.29 is 9.21 Å². The van der Waals surface area contributed by atoms with Crippen molar-refractivity contribution in [3.05, 3.63) is 28.7 Å². The molecule has 0 unspecified atom stereocenters. The van der Waals surface area contributed by atoms with Crippen molar-refractivity contribution in [2.45, 2.75) is 19.1 Å². The van der Waals surface area contributed by atoms with Gasteiger partial charge in [-0.15, -0.1) is 10.2 Å². The smallest absolute Gasteiger partial charge is 0.277 e. The van der Waals surface area contributed by atoms with Gasteiger partial charge in [0, 0.05) is 23.1 Å². The summed E-state index contributed by atoms with van der Waals surface area (Å²) < 4.78 is 6.52. The third kappa shape index (κ3) is 4.31. The molecule has 1 aromatic heterocycles. The molecule has 1 heterocycles. The zero-order chi connectivity index (χ0) is 15.2. The summed E-state index contributed by atoms with van der Waals surface area (Å²) in [5.74, 6) is 0.836. The fraction of sp³-hybridized carbons (Fsp3) is 0.357. The maximum absolute atomic E-state index is 11.9. The highest BCUT2D eigenvalue weighted by molar-refractivity contribution is 9.10. The van der Waals surface area contributed by atoms with Crippen LogP contribution in [0, 0.1) is 0 Å². The van der Waals surface area contributed by atoms with Crippen molar-refractivity contribution in [2.75, 3.05) is 18.8 Å². The normalized spacial score (nSPS) is 10.6. The highest BCUT2D eigenvalue weighted by Crippen LogP contribution is 2.25. The van der Waals surface area contributed by atoms with Gasteiger partial charge in [0.25, 0.3) is 5.22 Å². The maximum atomic E-state index is 11.9. The van der Waals surface area contributed by atoms with E-state index in [0.717, 1.165) is 10.0 Å². The lowest BCUT2D eigenvalue weighted by atomic mass is 10.2. The van der Waals surface area contributed by atoms with Gasteiger partial charge in [0.2, 0.25) is 11.8 Å². The van der Waals surface area contributed by atoms with Crippen LogP contribution in [0.15, 0.2) is 38.4 Å². The van der Waals surface area contributed by atoms with Crippen LogP contribution in [-0.2, 0) is 4.79 Å². The van der Waals surface area contributed by atoms with Crippen molar-refractivity contribution in [2.24, 2.45) is 0 Å². The van der Waals surface area contributed by atoms with Crippen LogP contribution < -0.4 is 0 Å². The Morgan fingerprint density at radius 3 is 2.76 bits per heavy atom. The molecular weight excluding hydrogens is 354 g/mol. The molecule has 0 aliphatic heterocycles. The average molecular weight is 370 g/mol. The minimum absolute atomic E-state index is 0.0761. The van der Waals surface area contributed by atoms with Gasteiger partial charge in [-0.05, 0) is 32.0 Å². The number of rotatable bonds is 6. The summed E-state index contributed by atoms with van der Waals surface area (Å²) in [6.45, 7) is 5.35. The molecule has 0 aliphatic rings. The molecule has 2 aromatic rings. The fourth-order valence-electron chi connectivity index (χ4n) is 1.80. The van der Waals surface area contributed by atoms with E-state index >= 15 is 0 Å². The average Bonchev–Trinajstić information content (AvgIpc) is 2.95. The lowest BCUT2D eigenvalue weighted by molar-refractivity contribution is -0.127. The van der Waals surface area contributed by atoms with Crippen molar-refractivity contribution in [1.29, 1.82) is 0 Å². The number of thioether (sulfide) groups is 1. The molecule has 0 spiro atoms. The van der Waals surface area contributed by atoms with Crippen LogP contribution >= 0.6 is 27.7 Å². The van der Waals surface area contributed by atoms with Crippen LogP contribution in [-0.4, -0.2) is 39.8 Å². The Kier molecular flexibility index (Phi) is 5.81. The molecule has 0 saturated heterocycles. The first-order valence-electron chi connectivity index (χ1n) is 6.64. The van der Waals surface area contributed by atoms with E-state index in [1.165, 1.54) is 11.8 Å². The predicted molar refractivity (Wildman–Crippen MR) is 86.1 cm³/mol. The second-order valence-electron chi connectivity index (χ2n) is 4.24. The van der Waals surface area contributed by atoms with Gasteiger partial charge in [0.15, 0.2) is 0 Å². The molecule has 7 heteroatoms. The van der Waals surface area contributed by atoms with Gasteiger partial charge in [-0.25, -0.2) is 0 Å². The number of hydrogen-bond acceptors (Lipinski definition) is 5. The molecule has 0 N–H and O–H groups in total. The Hall–Kier alpha value is -1.34. The molecule has 112 valence electrons. The minimum atomic E-state index is 0.0761. The Morgan fingerprint density at radius 1 is 1.33 bits per heavy atom. The van der Waals surface area contributed by atoms with E-state index in [1.54, 1.807) is 4.90 Å². The fourth-order valence-corrected chi connectivity index (χ4v) is 2.86. The Morgan fingerprint density at radius 2 is 2.10 bits per heavy atom. The van der Waals surface area contributed by atoms with Gasteiger partial charge >= 0.3 is 0 Å². The van der Waals surface area contributed by atoms with Gasteiger partial charge < -0.3 is 9.32 Å². The van der Waals surface area contributed by atoms with Gasteiger partial charge in [-0.3, -0.25) is 4.79 Å². The molecule has 0 bridgehead atoms. The Bertz CT molecular complexity index is 614. The van der Waals surface area contributed by atoms with Gasteiger partial charge in [0.1, 0.15) is 0 Å². The molecular formula is C14H16BrN3O2S. The van der Waals surface area contributed by atoms with E-state index in [0.29, 0.717) is 30.0 Å². The maximum Gasteiger partial charge on any atom is 0.277 e. The zero-order valence-electron chi connectivity index (χ0n) is 11.9. The first-order valence-corrected chi connectivity index (χ1v) is 8.42. The highest BCUT2D eigenvalue weighted by atomic mass is 79.9. The predicted octanol–water partition coefficient (Wildman–Crippen LogP) is 3.46. The third-order valence-electron chi connectivity index (χ3n) is 2.91. The van der Waals surface area contributed by atoms with Crippen LogP contribution in [0.25, 0.3) is 11.5 Å². The van der Waals surface area contributed by atoms with Crippen molar-refractivity contribution >= 4 is 33.6 Å². The first kappa shape index (κ1) is 16.0. The van der Waals surface area contributed by atoms with E-state index in [-0.39, 0.29) is 5.91 Å². The molecule has 21 heavy (non-hydrogen) atoms. The molecule has 0 radical (unpaired) electrons. The number of carbonyl (C=O) groups is 1. The van der Waals surface area contributed by atoms with Gasteiger partial charge in [-0.1, -0.05) is 33.8 Å². The molecule has 1 amide bonds. The van der Waals surface area contributed by atoms with E-state index < -0.39 is 0 Å². The SMILES string of the molecule is CCN(CC)C(=O)CSc1nnc(-c2cccc(Br)c2)o1. The van der Waals surface area contributed by atoms with Crippen LogP contribution in [0.5, 0.6) is 0 Å². The first-order chi connectivity index (χ1) is 10.1. The van der Waals surface area contributed by atoms with E-state index in [1.807, 2.05) is 38.1 Å². The number of halogens is 1. The lowest BCUT2D eigenvalue weighted by Gasteiger charge is -2.17. The molecule has 1 aromatic carbocycles. The van der Waals surface area contributed by atoms with E-state index in [2.05, 4.69) is 26.1 Å². The van der Waals surface area contributed by atoms with E-state index in [9.17, 15) is 4.79 Å². The van der Waals surface area contributed by atoms with Crippen LogP contribution in [0.4, 0.5) is 0 Å². The standard InChI is InChI=1S/C14H16BrN3O2S/c1-3-18(4-2)12(19)9-21-14-17-16-13(20-14)10-6-5-7-11(15)8-10/h5-8H,3-4,9H2,1-2H3. The van der Waals surface area contributed by atoms with Crippen molar-refractivity contribution in [3.63, 3.8) is 0 Å². The third-order valence-corrected chi connectivity index (χ3v) is 4.21. The largest absolute Gasteiger partial charge is 0.411 e. The van der Waals surface area contributed by atoms with Crippen molar-refractivity contribution in [3.8, 4) is 11.5 Å². The van der Waals surface area contributed by atoms with Crippen molar-refractivity contribution in [1.82, 2.24) is 15.1 Å². The molecule has 0 aliphatic carbocycles. The minimum Gasteiger partial charge on any atom is -0.411 e. The molecule has 0 saturated carbocycles. The lowest BCUT2D eigenvalue weighted by Crippen LogP contribution is -2.31. The number of carbonyl (C=O) groups excluding carboxylic acids is 1. The quantitative estimate of drug-likeness (QED) is 0.729. The summed E-state index contributed by atoms with van der Waals surface area (Å²) in [7, 11) is 0.